The van der Waals surface area contributed by atoms with Crippen molar-refractivity contribution in [3.8, 4) is 11.5 Å². The first-order chi connectivity index (χ1) is 9.94. The fourth-order valence-electron chi connectivity index (χ4n) is 2.34. The van der Waals surface area contributed by atoms with Crippen molar-refractivity contribution in [3.05, 3.63) is 35.5 Å². The Kier molecular flexibility index (Phi) is 4.67. The number of aliphatic imine (C=N–C) groups is 1. The lowest BCUT2D eigenvalue weighted by molar-refractivity contribution is 0.354. The van der Waals surface area contributed by atoms with Crippen LogP contribution in [-0.2, 0) is 9.84 Å². The quantitative estimate of drug-likeness (QED) is 0.808. The van der Waals surface area contributed by atoms with Crippen LogP contribution >= 0.6 is 0 Å². The van der Waals surface area contributed by atoms with Gasteiger partial charge in [0, 0.05) is 30.5 Å². The molecule has 2 rings (SSSR count). The number of hydrogen-bond acceptors (Lipinski definition) is 5. The number of rotatable bonds is 6. The molecule has 1 heterocycles. The molecule has 114 valence electrons. The monoisotopic (exact) mass is 309 g/mol. The molecule has 0 fully saturated rings. The van der Waals surface area contributed by atoms with Crippen molar-refractivity contribution in [2.75, 3.05) is 26.2 Å². The molecule has 21 heavy (non-hydrogen) atoms. The lowest BCUT2D eigenvalue weighted by Gasteiger charge is -2.18. The largest absolute Gasteiger partial charge is 0.493 e. The maximum Gasteiger partial charge on any atom is 0.161 e. The van der Waals surface area contributed by atoms with E-state index in [9.17, 15) is 8.42 Å². The number of hydrogen-bond donors (Lipinski definition) is 0. The van der Waals surface area contributed by atoms with Crippen LogP contribution in [0.1, 0.15) is 17.9 Å². The van der Waals surface area contributed by atoms with Crippen LogP contribution in [0.5, 0.6) is 11.5 Å². The molecule has 0 N–H and O–H groups in total. The van der Waals surface area contributed by atoms with Gasteiger partial charge in [0.05, 0.1) is 20.0 Å². The summed E-state index contributed by atoms with van der Waals surface area (Å²) in [5.74, 6) is 0.920. The summed E-state index contributed by atoms with van der Waals surface area (Å²) in [7, 11) is -0.0104. The van der Waals surface area contributed by atoms with E-state index in [2.05, 4.69) is 4.99 Å². The number of benzene rings is 1. The first-order valence-electron chi connectivity index (χ1n) is 6.57. The minimum atomic E-state index is -3.13. The number of sulfone groups is 1. The summed E-state index contributed by atoms with van der Waals surface area (Å²) in [4.78, 5) is 4.29. The van der Waals surface area contributed by atoms with Gasteiger partial charge in [-0.1, -0.05) is 12.1 Å². The molecule has 6 heteroatoms. The van der Waals surface area contributed by atoms with E-state index in [1.54, 1.807) is 26.5 Å². The number of ether oxygens (including phenoxy) is 2. The summed E-state index contributed by atoms with van der Waals surface area (Å²) in [6.07, 6.45) is 5.71. The summed E-state index contributed by atoms with van der Waals surface area (Å²) < 4.78 is 33.9. The van der Waals surface area contributed by atoms with Crippen molar-refractivity contribution in [1.29, 1.82) is 0 Å². The third-order valence-corrected chi connectivity index (χ3v) is 4.25. The Labute approximate surface area is 125 Å². The van der Waals surface area contributed by atoms with Gasteiger partial charge in [-0.2, -0.15) is 0 Å². The molecule has 1 aromatic rings. The Morgan fingerprint density at radius 1 is 1.24 bits per heavy atom. The van der Waals surface area contributed by atoms with Gasteiger partial charge in [-0.25, -0.2) is 8.42 Å². The van der Waals surface area contributed by atoms with Gasteiger partial charge in [0.1, 0.15) is 9.84 Å². The molecule has 5 nitrogen and oxygen atoms in total. The van der Waals surface area contributed by atoms with Gasteiger partial charge < -0.3 is 9.47 Å². The van der Waals surface area contributed by atoms with Crippen molar-refractivity contribution < 1.29 is 17.9 Å². The Morgan fingerprint density at radius 3 is 2.48 bits per heavy atom. The highest BCUT2D eigenvalue weighted by molar-refractivity contribution is 7.90. The average Bonchev–Trinajstić information content (AvgIpc) is 2.97. The van der Waals surface area contributed by atoms with Crippen LogP contribution in [0.2, 0.25) is 0 Å². The van der Waals surface area contributed by atoms with Crippen molar-refractivity contribution >= 4 is 16.1 Å². The molecule has 0 spiro atoms. The smallest absolute Gasteiger partial charge is 0.161 e. The zero-order valence-electron chi connectivity index (χ0n) is 12.4. The molecule has 1 aromatic carbocycles. The summed E-state index contributed by atoms with van der Waals surface area (Å²) in [5, 5.41) is 0. The summed E-state index contributed by atoms with van der Waals surface area (Å²) in [6.45, 7) is 0. The fourth-order valence-corrected chi connectivity index (χ4v) is 3.31. The van der Waals surface area contributed by atoms with Crippen LogP contribution in [0, 0.1) is 0 Å². The standard InChI is InChI=1S/C15H19NO4S/c1-19-14-7-6-11(9-15(14)20-2)12(10-21(3,17)18)13-5-4-8-16-13/h5-9,12H,4,10H2,1-3H3. The van der Waals surface area contributed by atoms with Crippen LogP contribution in [0.4, 0.5) is 0 Å². The molecule has 1 aliphatic rings. The van der Waals surface area contributed by atoms with Crippen molar-refractivity contribution in [2.45, 2.75) is 12.3 Å². The minimum absolute atomic E-state index is 0.0195. The van der Waals surface area contributed by atoms with Crippen LogP contribution in [-0.4, -0.2) is 40.9 Å². The number of allylic oxidation sites excluding steroid dienone is 2. The second-order valence-electron chi connectivity index (χ2n) is 4.94. The molecule has 1 aliphatic heterocycles. The van der Waals surface area contributed by atoms with Crippen molar-refractivity contribution in [2.24, 2.45) is 4.99 Å². The van der Waals surface area contributed by atoms with E-state index in [0.717, 1.165) is 17.7 Å². The summed E-state index contributed by atoms with van der Waals surface area (Å²) >= 11 is 0. The molecular weight excluding hydrogens is 290 g/mol. The summed E-state index contributed by atoms with van der Waals surface area (Å²) in [5.41, 5.74) is 1.64. The van der Waals surface area contributed by atoms with Crippen molar-refractivity contribution in [3.63, 3.8) is 0 Å². The molecule has 0 saturated carbocycles. The minimum Gasteiger partial charge on any atom is -0.493 e. The Morgan fingerprint density at radius 2 is 1.95 bits per heavy atom. The lowest BCUT2D eigenvalue weighted by atomic mass is 9.97. The van der Waals surface area contributed by atoms with Crippen LogP contribution in [0.25, 0.3) is 0 Å². The van der Waals surface area contributed by atoms with Gasteiger partial charge in [-0.3, -0.25) is 4.99 Å². The Bertz CT molecular complexity index is 677. The van der Waals surface area contributed by atoms with Gasteiger partial charge in [0.15, 0.2) is 11.5 Å². The predicted octanol–water partition coefficient (Wildman–Crippen LogP) is 2.19. The molecule has 0 radical (unpaired) electrons. The highest BCUT2D eigenvalue weighted by Crippen LogP contribution is 2.35. The molecule has 0 bridgehead atoms. The summed E-state index contributed by atoms with van der Waals surface area (Å²) in [6, 6.07) is 5.44. The van der Waals surface area contributed by atoms with Gasteiger partial charge in [0.25, 0.3) is 0 Å². The number of nitrogens with zero attached hydrogens (tertiary/aromatic N) is 1. The molecule has 1 unspecified atom stereocenters. The molecular formula is C15H19NO4S. The zero-order valence-corrected chi connectivity index (χ0v) is 13.2. The Balaban J connectivity index is 2.43. The van der Waals surface area contributed by atoms with E-state index >= 15 is 0 Å². The number of methoxy groups -OCH3 is 2. The van der Waals surface area contributed by atoms with E-state index < -0.39 is 9.84 Å². The molecule has 1 atom stereocenters. The van der Waals surface area contributed by atoms with Gasteiger partial charge in [0.2, 0.25) is 0 Å². The molecule has 0 aromatic heterocycles. The van der Waals surface area contributed by atoms with Crippen molar-refractivity contribution in [1.82, 2.24) is 0 Å². The van der Waals surface area contributed by atoms with E-state index in [-0.39, 0.29) is 11.7 Å². The third kappa shape index (κ3) is 3.85. The van der Waals surface area contributed by atoms with Gasteiger partial charge in [-0.15, -0.1) is 0 Å². The van der Waals surface area contributed by atoms with E-state index in [4.69, 9.17) is 9.47 Å². The molecule has 0 amide bonds. The third-order valence-electron chi connectivity index (χ3n) is 3.31. The van der Waals surface area contributed by atoms with E-state index in [1.807, 2.05) is 18.2 Å². The van der Waals surface area contributed by atoms with Gasteiger partial charge >= 0.3 is 0 Å². The normalized spacial score (nSPS) is 15.7. The van der Waals surface area contributed by atoms with E-state index in [1.165, 1.54) is 6.26 Å². The van der Waals surface area contributed by atoms with Gasteiger partial charge in [-0.05, 0) is 17.7 Å². The maximum atomic E-state index is 11.7. The SMILES string of the molecule is COc1ccc(C(CS(C)(=O)=O)C2=CCC=N2)cc1OC. The zero-order chi connectivity index (χ0) is 15.5. The second kappa shape index (κ2) is 6.30. The second-order valence-corrected chi connectivity index (χ2v) is 7.12. The Hall–Kier alpha value is -1.82. The van der Waals surface area contributed by atoms with Crippen LogP contribution in [0.3, 0.4) is 0 Å². The highest BCUT2D eigenvalue weighted by Gasteiger charge is 2.23. The predicted molar refractivity (Wildman–Crippen MR) is 83.2 cm³/mol. The van der Waals surface area contributed by atoms with Crippen LogP contribution in [0.15, 0.2) is 35.0 Å². The molecule has 0 saturated heterocycles. The van der Waals surface area contributed by atoms with Crippen LogP contribution < -0.4 is 9.47 Å². The first kappa shape index (κ1) is 15.6. The fraction of sp³-hybridized carbons (Fsp3) is 0.400. The first-order valence-corrected chi connectivity index (χ1v) is 8.63. The van der Waals surface area contributed by atoms with E-state index in [0.29, 0.717) is 11.5 Å². The molecule has 0 aliphatic carbocycles. The average molecular weight is 309 g/mol. The topological polar surface area (TPSA) is 65.0 Å². The lowest BCUT2D eigenvalue weighted by Crippen LogP contribution is -2.14. The highest BCUT2D eigenvalue weighted by atomic mass is 32.2. The maximum absolute atomic E-state index is 11.7.